The highest BCUT2D eigenvalue weighted by Crippen LogP contribution is 2.44. The third-order valence-corrected chi connectivity index (χ3v) is 3.86. The van der Waals surface area contributed by atoms with Crippen molar-refractivity contribution in [2.45, 2.75) is 24.3 Å². The number of thiophene rings is 1. The molecule has 1 aromatic rings. The molecule has 0 aliphatic carbocycles. The summed E-state index contributed by atoms with van der Waals surface area (Å²) in [6.45, 7) is 2.79. The van der Waals surface area contributed by atoms with Gasteiger partial charge in [-0.1, -0.05) is 0 Å². The van der Waals surface area contributed by atoms with E-state index in [1.165, 1.54) is 0 Å². The van der Waals surface area contributed by atoms with Gasteiger partial charge in [-0.3, -0.25) is 0 Å². The van der Waals surface area contributed by atoms with E-state index in [2.05, 4.69) is 15.9 Å². The first kappa shape index (κ1) is 11.1. The monoisotopic (exact) mass is 270 g/mol. The maximum atomic E-state index is 12.9. The normalized spacial score (nSPS) is 17.1. The van der Waals surface area contributed by atoms with Crippen molar-refractivity contribution in [1.82, 2.24) is 0 Å². The maximum Gasteiger partial charge on any atom is 0.334 e. The molecule has 0 fully saturated rings. The number of rotatable bonds is 2. The number of hydrogen-bond donors (Lipinski definition) is 1. The molecule has 0 spiro atoms. The second kappa shape index (κ2) is 3.29. The Morgan fingerprint density at radius 2 is 2.08 bits per heavy atom. The van der Waals surface area contributed by atoms with Crippen molar-refractivity contribution in [3.05, 3.63) is 21.9 Å². The van der Waals surface area contributed by atoms with Gasteiger partial charge in [-0.05, 0) is 46.8 Å². The Bertz CT molecular complexity index is 303. The molecule has 74 valence electrons. The number of alkyl halides is 3. The minimum Gasteiger partial charge on any atom is -0.377 e. The summed E-state index contributed by atoms with van der Waals surface area (Å²) in [5, 5.41) is 11.3. The van der Waals surface area contributed by atoms with Gasteiger partial charge in [0, 0.05) is 4.88 Å². The first-order valence-corrected chi connectivity index (χ1v) is 5.28. The second-order valence-corrected chi connectivity index (χ2v) is 4.91. The zero-order valence-corrected chi connectivity index (χ0v) is 9.55. The average Bonchev–Trinajstić information content (AvgIpc) is 2.32. The van der Waals surface area contributed by atoms with Gasteiger partial charge >= 0.3 is 4.83 Å². The maximum absolute atomic E-state index is 12.9. The molecule has 0 saturated carbocycles. The van der Waals surface area contributed by atoms with E-state index in [1.807, 2.05) is 0 Å². The van der Waals surface area contributed by atoms with Crippen LogP contribution in [0.1, 0.15) is 17.4 Å². The van der Waals surface area contributed by atoms with E-state index in [-0.39, 0.29) is 4.88 Å². The molecule has 1 N–H and O–H groups in total. The minimum atomic E-state index is -3.31. The van der Waals surface area contributed by atoms with Gasteiger partial charge in [-0.25, -0.2) is 0 Å². The third kappa shape index (κ3) is 1.92. The van der Waals surface area contributed by atoms with Crippen molar-refractivity contribution in [2.24, 2.45) is 0 Å². The molecule has 0 radical (unpaired) electrons. The summed E-state index contributed by atoms with van der Waals surface area (Å²) >= 11 is 3.30. The van der Waals surface area contributed by atoms with Gasteiger partial charge in [0.2, 0.25) is 0 Å². The molecule has 0 aromatic carbocycles. The molecule has 1 heterocycles. The Kier molecular flexibility index (Phi) is 2.81. The lowest BCUT2D eigenvalue weighted by atomic mass is 10.0. The van der Waals surface area contributed by atoms with Crippen molar-refractivity contribution < 1.29 is 13.9 Å². The van der Waals surface area contributed by atoms with E-state index in [4.69, 9.17) is 0 Å². The summed E-state index contributed by atoms with van der Waals surface area (Å²) in [7, 11) is 0. The van der Waals surface area contributed by atoms with Crippen molar-refractivity contribution in [3.63, 3.8) is 0 Å². The third-order valence-electron chi connectivity index (χ3n) is 1.86. The molecule has 0 aliphatic heterocycles. The van der Waals surface area contributed by atoms with Gasteiger partial charge < -0.3 is 5.11 Å². The van der Waals surface area contributed by atoms with Gasteiger partial charge in [0.1, 0.15) is 0 Å². The van der Waals surface area contributed by atoms with E-state index >= 15 is 0 Å². The number of aryl methyl sites for hydroxylation is 1. The molecular formula is C8H9BrF2OS. The van der Waals surface area contributed by atoms with Crippen LogP contribution in [-0.2, 0) is 5.60 Å². The van der Waals surface area contributed by atoms with Crippen LogP contribution in [-0.4, -0.2) is 9.94 Å². The lowest BCUT2D eigenvalue weighted by Gasteiger charge is -2.27. The van der Waals surface area contributed by atoms with Crippen LogP contribution in [0.3, 0.4) is 0 Å². The molecule has 0 saturated heterocycles. The zero-order valence-electron chi connectivity index (χ0n) is 7.14. The fraction of sp³-hybridized carbons (Fsp3) is 0.500. The van der Waals surface area contributed by atoms with Crippen molar-refractivity contribution in [3.8, 4) is 0 Å². The summed E-state index contributed by atoms with van der Waals surface area (Å²) in [6.07, 6.45) is 0. The van der Waals surface area contributed by atoms with Gasteiger partial charge in [0.05, 0.1) is 0 Å². The van der Waals surface area contributed by atoms with E-state index in [9.17, 15) is 13.9 Å². The first-order valence-electron chi connectivity index (χ1n) is 3.60. The lowest BCUT2D eigenvalue weighted by molar-refractivity contribution is -0.107. The molecule has 1 aromatic heterocycles. The van der Waals surface area contributed by atoms with E-state index in [1.54, 1.807) is 18.4 Å². The molecule has 0 bridgehead atoms. The van der Waals surface area contributed by atoms with E-state index in [0.717, 1.165) is 18.3 Å². The highest BCUT2D eigenvalue weighted by Gasteiger charge is 2.49. The summed E-state index contributed by atoms with van der Waals surface area (Å²) in [4.78, 5) is -3.02. The van der Waals surface area contributed by atoms with Crippen LogP contribution in [0.15, 0.2) is 11.4 Å². The molecule has 1 nitrogen and oxygen atoms in total. The second-order valence-electron chi connectivity index (χ2n) is 3.00. The number of halogens is 3. The predicted octanol–water partition coefficient (Wildman–Crippen LogP) is 3.25. The molecule has 1 rings (SSSR count). The largest absolute Gasteiger partial charge is 0.377 e. The van der Waals surface area contributed by atoms with Crippen LogP contribution >= 0.6 is 27.3 Å². The standard InChI is InChI=1S/C8H9BrF2OS/c1-5-3-4-13-6(5)7(2,12)8(9,10)11/h3-4,12H,1-2H3. The van der Waals surface area contributed by atoms with Crippen LogP contribution in [0.4, 0.5) is 8.78 Å². The number of aliphatic hydroxyl groups is 1. The zero-order chi connectivity index (χ0) is 10.3. The summed E-state index contributed by atoms with van der Waals surface area (Å²) in [5.74, 6) is 0. The Hall–Kier alpha value is -0.0000000000000000555. The van der Waals surface area contributed by atoms with Gasteiger partial charge in [-0.15, -0.1) is 11.3 Å². The quantitative estimate of drug-likeness (QED) is 0.818. The van der Waals surface area contributed by atoms with Gasteiger partial charge in [-0.2, -0.15) is 8.78 Å². The van der Waals surface area contributed by atoms with Crippen LogP contribution in [0.2, 0.25) is 0 Å². The summed E-state index contributed by atoms with van der Waals surface area (Å²) < 4.78 is 25.8. The SMILES string of the molecule is Cc1ccsc1C(C)(O)C(F)(F)Br. The van der Waals surface area contributed by atoms with E-state index < -0.39 is 10.4 Å². The highest BCUT2D eigenvalue weighted by molar-refractivity contribution is 9.10. The highest BCUT2D eigenvalue weighted by atomic mass is 79.9. The molecule has 13 heavy (non-hydrogen) atoms. The Morgan fingerprint density at radius 1 is 1.54 bits per heavy atom. The van der Waals surface area contributed by atoms with Crippen molar-refractivity contribution in [2.75, 3.05) is 0 Å². The molecule has 5 heteroatoms. The minimum absolute atomic E-state index is 0.286. The predicted molar refractivity (Wildman–Crippen MR) is 52.5 cm³/mol. The smallest absolute Gasteiger partial charge is 0.334 e. The first-order chi connectivity index (χ1) is 5.77. The topological polar surface area (TPSA) is 20.2 Å². The van der Waals surface area contributed by atoms with Crippen LogP contribution in [0, 0.1) is 6.92 Å². The van der Waals surface area contributed by atoms with E-state index in [0.29, 0.717) is 5.56 Å². The molecule has 0 amide bonds. The summed E-state index contributed by atoms with van der Waals surface area (Å²) in [6, 6.07) is 1.70. The van der Waals surface area contributed by atoms with Crippen LogP contribution in [0.25, 0.3) is 0 Å². The molecule has 0 aliphatic rings. The Balaban J connectivity index is 3.15. The van der Waals surface area contributed by atoms with Gasteiger partial charge in [0.15, 0.2) is 5.60 Å². The fourth-order valence-electron chi connectivity index (χ4n) is 1.00. The van der Waals surface area contributed by atoms with Crippen molar-refractivity contribution >= 4 is 27.3 Å². The van der Waals surface area contributed by atoms with Crippen LogP contribution in [0.5, 0.6) is 0 Å². The van der Waals surface area contributed by atoms with Crippen LogP contribution < -0.4 is 0 Å². The lowest BCUT2D eigenvalue weighted by Crippen LogP contribution is -2.37. The molecular weight excluding hydrogens is 262 g/mol. The van der Waals surface area contributed by atoms with Crippen molar-refractivity contribution in [1.29, 1.82) is 0 Å². The summed E-state index contributed by atoms with van der Waals surface area (Å²) in [5.41, 5.74) is -1.47. The Morgan fingerprint density at radius 3 is 2.38 bits per heavy atom. The number of hydrogen-bond acceptors (Lipinski definition) is 2. The molecule has 1 unspecified atom stereocenters. The molecule has 1 atom stereocenters. The van der Waals surface area contributed by atoms with Gasteiger partial charge in [0.25, 0.3) is 0 Å². The fourth-order valence-corrected chi connectivity index (χ4v) is 2.35. The Labute approximate surface area is 87.5 Å². The average molecular weight is 271 g/mol.